The average molecular weight is 250 g/mol. The van der Waals surface area contributed by atoms with E-state index in [1.54, 1.807) is 25.4 Å². The number of rotatable bonds is 4. The standard InChI is InChI=1S/C13H12F2N2O/c1-16-13-9(4-3-7-17-13)8-18-12-10(14)5-2-6-11(12)15/h2-7H,8H2,1H3,(H,16,17). The molecule has 0 saturated heterocycles. The van der Waals surface area contributed by atoms with Crippen molar-refractivity contribution in [2.45, 2.75) is 6.61 Å². The molecule has 0 amide bonds. The predicted molar refractivity (Wildman–Crippen MR) is 64.5 cm³/mol. The molecular formula is C13H12F2N2O. The SMILES string of the molecule is CNc1ncccc1COc1c(F)cccc1F. The van der Waals surface area contributed by atoms with Crippen LogP contribution in [0.2, 0.25) is 0 Å². The summed E-state index contributed by atoms with van der Waals surface area (Å²) in [6, 6.07) is 7.11. The maximum absolute atomic E-state index is 13.3. The van der Waals surface area contributed by atoms with Gasteiger partial charge < -0.3 is 10.1 Å². The first-order valence-corrected chi connectivity index (χ1v) is 5.41. The second-order valence-electron chi connectivity index (χ2n) is 3.60. The van der Waals surface area contributed by atoms with Crippen molar-refractivity contribution in [3.8, 4) is 5.75 Å². The van der Waals surface area contributed by atoms with Crippen LogP contribution in [-0.4, -0.2) is 12.0 Å². The molecule has 2 aromatic rings. The summed E-state index contributed by atoms with van der Waals surface area (Å²) in [5.74, 6) is -1.19. The predicted octanol–water partition coefficient (Wildman–Crippen LogP) is 2.98. The molecule has 18 heavy (non-hydrogen) atoms. The fourth-order valence-corrected chi connectivity index (χ4v) is 1.55. The minimum atomic E-state index is -0.718. The molecule has 1 heterocycles. The zero-order valence-corrected chi connectivity index (χ0v) is 9.78. The molecule has 0 unspecified atom stereocenters. The fourth-order valence-electron chi connectivity index (χ4n) is 1.55. The van der Waals surface area contributed by atoms with E-state index in [-0.39, 0.29) is 12.4 Å². The van der Waals surface area contributed by atoms with Gasteiger partial charge in [-0.25, -0.2) is 13.8 Å². The summed E-state index contributed by atoms with van der Waals surface area (Å²) < 4.78 is 31.8. The number of hydrogen-bond donors (Lipinski definition) is 1. The van der Waals surface area contributed by atoms with Crippen molar-refractivity contribution >= 4 is 5.82 Å². The number of pyridine rings is 1. The molecule has 2 rings (SSSR count). The van der Waals surface area contributed by atoms with Gasteiger partial charge in [0.05, 0.1) is 0 Å². The first kappa shape index (κ1) is 12.3. The number of aromatic nitrogens is 1. The Morgan fingerprint density at radius 3 is 2.56 bits per heavy atom. The highest BCUT2D eigenvalue weighted by Crippen LogP contribution is 2.23. The van der Waals surface area contributed by atoms with E-state index in [0.717, 1.165) is 17.7 Å². The summed E-state index contributed by atoms with van der Waals surface area (Å²) in [6.45, 7) is 0.0435. The molecule has 0 atom stereocenters. The van der Waals surface area contributed by atoms with E-state index in [9.17, 15) is 8.78 Å². The monoisotopic (exact) mass is 250 g/mol. The molecule has 0 spiro atoms. The Morgan fingerprint density at radius 2 is 1.89 bits per heavy atom. The van der Waals surface area contributed by atoms with Crippen LogP contribution in [0.4, 0.5) is 14.6 Å². The summed E-state index contributed by atoms with van der Waals surface area (Å²) >= 11 is 0. The van der Waals surface area contributed by atoms with Crippen LogP contribution in [0.15, 0.2) is 36.5 Å². The summed E-state index contributed by atoms with van der Waals surface area (Å²) in [5.41, 5.74) is 0.725. The Hall–Kier alpha value is -2.17. The molecule has 0 radical (unpaired) electrons. The van der Waals surface area contributed by atoms with Crippen LogP contribution in [0.3, 0.4) is 0 Å². The maximum atomic E-state index is 13.3. The van der Waals surface area contributed by atoms with E-state index in [1.807, 2.05) is 0 Å². The van der Waals surface area contributed by atoms with Crippen molar-refractivity contribution in [3.05, 3.63) is 53.7 Å². The summed E-state index contributed by atoms with van der Waals surface area (Å²) in [4.78, 5) is 4.08. The zero-order chi connectivity index (χ0) is 13.0. The van der Waals surface area contributed by atoms with Gasteiger partial charge in [0.25, 0.3) is 0 Å². The van der Waals surface area contributed by atoms with Gasteiger partial charge in [-0.3, -0.25) is 0 Å². The van der Waals surface area contributed by atoms with Gasteiger partial charge >= 0.3 is 0 Å². The van der Waals surface area contributed by atoms with Crippen molar-refractivity contribution in [1.82, 2.24) is 4.98 Å². The lowest BCUT2D eigenvalue weighted by Gasteiger charge is -2.10. The average Bonchev–Trinajstić information content (AvgIpc) is 2.38. The van der Waals surface area contributed by atoms with Crippen LogP contribution in [0, 0.1) is 11.6 Å². The number of anilines is 1. The number of ether oxygens (including phenoxy) is 1. The zero-order valence-electron chi connectivity index (χ0n) is 9.78. The first-order chi connectivity index (χ1) is 8.72. The van der Waals surface area contributed by atoms with Crippen molar-refractivity contribution in [2.24, 2.45) is 0 Å². The number of nitrogens with zero attached hydrogens (tertiary/aromatic N) is 1. The molecule has 0 bridgehead atoms. The van der Waals surface area contributed by atoms with Gasteiger partial charge in [0.15, 0.2) is 17.4 Å². The second-order valence-corrected chi connectivity index (χ2v) is 3.60. The van der Waals surface area contributed by atoms with Gasteiger partial charge in [-0.1, -0.05) is 12.1 Å². The lowest BCUT2D eigenvalue weighted by Crippen LogP contribution is -2.04. The second kappa shape index (κ2) is 5.44. The van der Waals surface area contributed by atoms with E-state index in [0.29, 0.717) is 5.82 Å². The van der Waals surface area contributed by atoms with Gasteiger partial charge in [0.2, 0.25) is 0 Å². The highest BCUT2D eigenvalue weighted by Gasteiger charge is 2.10. The third-order valence-electron chi connectivity index (χ3n) is 2.42. The molecular weight excluding hydrogens is 238 g/mol. The lowest BCUT2D eigenvalue weighted by molar-refractivity contribution is 0.274. The Bertz CT molecular complexity index is 526. The Kier molecular flexibility index (Phi) is 3.72. The molecule has 5 heteroatoms. The topological polar surface area (TPSA) is 34.2 Å². The van der Waals surface area contributed by atoms with Crippen LogP contribution in [0.25, 0.3) is 0 Å². The van der Waals surface area contributed by atoms with E-state index in [2.05, 4.69) is 10.3 Å². The van der Waals surface area contributed by atoms with Gasteiger partial charge in [-0.15, -0.1) is 0 Å². The summed E-state index contributed by atoms with van der Waals surface area (Å²) in [5, 5.41) is 2.88. The number of para-hydroxylation sites is 1. The molecule has 1 N–H and O–H groups in total. The van der Waals surface area contributed by atoms with E-state index in [1.165, 1.54) is 6.07 Å². The van der Waals surface area contributed by atoms with Gasteiger partial charge in [0.1, 0.15) is 12.4 Å². The van der Waals surface area contributed by atoms with Crippen molar-refractivity contribution in [2.75, 3.05) is 12.4 Å². The Balaban J connectivity index is 2.16. The normalized spacial score (nSPS) is 10.2. The molecule has 1 aromatic heterocycles. The number of halogens is 2. The Morgan fingerprint density at radius 1 is 1.17 bits per heavy atom. The van der Waals surface area contributed by atoms with E-state index in [4.69, 9.17) is 4.74 Å². The highest BCUT2D eigenvalue weighted by molar-refractivity contribution is 5.42. The number of benzene rings is 1. The molecule has 1 aromatic carbocycles. The first-order valence-electron chi connectivity index (χ1n) is 5.41. The van der Waals surface area contributed by atoms with Crippen molar-refractivity contribution < 1.29 is 13.5 Å². The summed E-state index contributed by atoms with van der Waals surface area (Å²) in [7, 11) is 1.72. The number of nitrogens with one attached hydrogen (secondary N) is 1. The van der Waals surface area contributed by atoms with E-state index >= 15 is 0 Å². The lowest BCUT2D eigenvalue weighted by atomic mass is 10.2. The largest absolute Gasteiger partial charge is 0.483 e. The van der Waals surface area contributed by atoms with Crippen LogP contribution >= 0.6 is 0 Å². The number of hydrogen-bond acceptors (Lipinski definition) is 3. The van der Waals surface area contributed by atoms with Crippen LogP contribution in [0.1, 0.15) is 5.56 Å². The van der Waals surface area contributed by atoms with E-state index < -0.39 is 11.6 Å². The van der Waals surface area contributed by atoms with Gasteiger partial charge in [0, 0.05) is 18.8 Å². The maximum Gasteiger partial charge on any atom is 0.191 e. The third kappa shape index (κ3) is 2.56. The fraction of sp³-hybridized carbons (Fsp3) is 0.154. The van der Waals surface area contributed by atoms with Crippen molar-refractivity contribution in [1.29, 1.82) is 0 Å². The van der Waals surface area contributed by atoms with Crippen LogP contribution < -0.4 is 10.1 Å². The summed E-state index contributed by atoms with van der Waals surface area (Å²) in [6.07, 6.45) is 1.62. The molecule has 0 fully saturated rings. The van der Waals surface area contributed by atoms with Gasteiger partial charge in [-0.05, 0) is 18.2 Å². The molecule has 0 aliphatic heterocycles. The quantitative estimate of drug-likeness (QED) is 0.905. The minimum absolute atomic E-state index is 0.0435. The minimum Gasteiger partial charge on any atom is -0.483 e. The third-order valence-corrected chi connectivity index (χ3v) is 2.42. The smallest absolute Gasteiger partial charge is 0.191 e. The molecule has 0 saturated carbocycles. The molecule has 0 aliphatic carbocycles. The van der Waals surface area contributed by atoms with Crippen LogP contribution in [-0.2, 0) is 6.61 Å². The van der Waals surface area contributed by atoms with Crippen LogP contribution in [0.5, 0.6) is 5.75 Å². The van der Waals surface area contributed by atoms with Crippen molar-refractivity contribution in [3.63, 3.8) is 0 Å². The molecule has 3 nitrogen and oxygen atoms in total. The molecule has 94 valence electrons. The van der Waals surface area contributed by atoms with Gasteiger partial charge in [-0.2, -0.15) is 0 Å². The molecule has 0 aliphatic rings. The highest BCUT2D eigenvalue weighted by atomic mass is 19.1. The Labute approximate surface area is 103 Å².